The zero-order chi connectivity index (χ0) is 14.4. The van der Waals surface area contributed by atoms with Crippen molar-refractivity contribution in [3.63, 3.8) is 0 Å². The molecule has 5 nitrogen and oxygen atoms in total. The quantitative estimate of drug-likeness (QED) is 0.351. The molecule has 2 fully saturated rings. The van der Waals surface area contributed by atoms with E-state index in [-0.39, 0.29) is 5.60 Å². The van der Waals surface area contributed by atoms with E-state index in [0.29, 0.717) is 18.3 Å². The van der Waals surface area contributed by atoms with E-state index in [4.69, 9.17) is 15.7 Å². The van der Waals surface area contributed by atoms with Gasteiger partial charge in [0.1, 0.15) is 5.84 Å². The summed E-state index contributed by atoms with van der Waals surface area (Å²) in [5.74, 6) is 2.77. The number of thioether (sulfide) groups is 1. The molecule has 0 saturated carbocycles. The Morgan fingerprint density at radius 2 is 2.25 bits per heavy atom. The van der Waals surface area contributed by atoms with E-state index in [1.165, 1.54) is 24.3 Å². The third kappa shape index (κ3) is 4.02. The van der Waals surface area contributed by atoms with Crippen LogP contribution in [0, 0.1) is 0 Å². The molecule has 2 heterocycles. The van der Waals surface area contributed by atoms with Gasteiger partial charge in [0.2, 0.25) is 0 Å². The first kappa shape index (κ1) is 15.9. The summed E-state index contributed by atoms with van der Waals surface area (Å²) in [6, 6.07) is 0.573. The minimum atomic E-state index is 0.123. The molecule has 2 rings (SSSR count). The van der Waals surface area contributed by atoms with E-state index in [1.54, 1.807) is 0 Å². The van der Waals surface area contributed by atoms with Gasteiger partial charge in [-0.25, -0.2) is 0 Å². The predicted molar refractivity (Wildman–Crippen MR) is 83.5 cm³/mol. The third-order valence-electron chi connectivity index (χ3n) is 4.58. The fraction of sp³-hybridized carbons (Fsp3) is 0.929. The van der Waals surface area contributed by atoms with Crippen LogP contribution in [-0.4, -0.2) is 58.8 Å². The van der Waals surface area contributed by atoms with Gasteiger partial charge in [0.25, 0.3) is 0 Å². The van der Waals surface area contributed by atoms with Crippen LogP contribution < -0.4 is 5.73 Å². The molecule has 2 aliphatic heterocycles. The lowest BCUT2D eigenvalue weighted by molar-refractivity contribution is -0.109. The van der Waals surface area contributed by atoms with Crippen molar-refractivity contribution in [2.45, 2.75) is 50.7 Å². The summed E-state index contributed by atoms with van der Waals surface area (Å²) >= 11 is 2.04. The van der Waals surface area contributed by atoms with Gasteiger partial charge in [-0.2, -0.15) is 11.8 Å². The van der Waals surface area contributed by atoms with Crippen molar-refractivity contribution in [3.05, 3.63) is 0 Å². The van der Waals surface area contributed by atoms with Crippen LogP contribution in [0.1, 0.15) is 39.0 Å². The molecule has 1 atom stereocenters. The first-order valence-electron chi connectivity index (χ1n) is 7.61. The highest BCUT2D eigenvalue weighted by molar-refractivity contribution is 7.99. The minimum absolute atomic E-state index is 0.123. The van der Waals surface area contributed by atoms with Crippen LogP contribution in [0.5, 0.6) is 0 Å². The highest BCUT2D eigenvalue weighted by atomic mass is 32.2. The summed E-state index contributed by atoms with van der Waals surface area (Å²) in [5, 5.41) is 11.7. The van der Waals surface area contributed by atoms with Crippen LogP contribution in [0.2, 0.25) is 0 Å². The van der Waals surface area contributed by atoms with Gasteiger partial charge < -0.3 is 20.6 Å². The van der Waals surface area contributed by atoms with E-state index in [9.17, 15) is 0 Å². The monoisotopic (exact) mass is 301 g/mol. The number of nitrogens with two attached hydrogens (primary N) is 1. The maximum Gasteiger partial charge on any atom is 0.140 e. The smallest absolute Gasteiger partial charge is 0.140 e. The Morgan fingerprint density at radius 1 is 1.50 bits per heavy atom. The van der Waals surface area contributed by atoms with E-state index in [2.05, 4.69) is 17.0 Å². The summed E-state index contributed by atoms with van der Waals surface area (Å²) in [4.78, 5) is 2.46. The summed E-state index contributed by atoms with van der Waals surface area (Å²) in [5.41, 5.74) is 5.71. The first-order valence-corrected chi connectivity index (χ1v) is 8.77. The van der Waals surface area contributed by atoms with Crippen LogP contribution in [0.15, 0.2) is 5.16 Å². The maximum absolute atomic E-state index is 8.65. The van der Waals surface area contributed by atoms with E-state index in [1.807, 2.05) is 11.8 Å². The minimum Gasteiger partial charge on any atom is -0.409 e. The molecule has 116 valence electrons. The van der Waals surface area contributed by atoms with E-state index >= 15 is 0 Å². The lowest BCUT2D eigenvalue weighted by Crippen LogP contribution is -2.50. The Balaban J connectivity index is 1.91. The van der Waals surface area contributed by atoms with Crippen molar-refractivity contribution < 1.29 is 9.94 Å². The number of hydrogen-bond donors (Lipinski definition) is 2. The molecule has 1 unspecified atom stereocenters. The molecule has 0 bridgehead atoms. The normalized spacial score (nSPS) is 27.1. The summed E-state index contributed by atoms with van der Waals surface area (Å²) in [6.45, 7) is 4.93. The zero-order valence-corrected chi connectivity index (χ0v) is 13.2. The Morgan fingerprint density at radius 3 is 2.90 bits per heavy atom. The Hall–Kier alpha value is -0.460. The Kier molecular flexibility index (Phi) is 5.99. The van der Waals surface area contributed by atoms with Gasteiger partial charge in [0.05, 0.1) is 5.60 Å². The molecule has 0 aromatic carbocycles. The molecule has 2 aliphatic rings. The van der Waals surface area contributed by atoms with Gasteiger partial charge in [0.15, 0.2) is 0 Å². The number of amidine groups is 1. The van der Waals surface area contributed by atoms with Crippen molar-refractivity contribution in [3.8, 4) is 0 Å². The van der Waals surface area contributed by atoms with Gasteiger partial charge in [-0.15, -0.1) is 0 Å². The van der Waals surface area contributed by atoms with Crippen LogP contribution in [-0.2, 0) is 4.74 Å². The lowest BCUT2D eigenvalue weighted by Gasteiger charge is -2.46. The molecular weight excluding hydrogens is 274 g/mol. The van der Waals surface area contributed by atoms with Crippen molar-refractivity contribution in [1.29, 1.82) is 0 Å². The number of rotatable bonds is 5. The maximum atomic E-state index is 8.65. The van der Waals surface area contributed by atoms with Crippen LogP contribution in [0.3, 0.4) is 0 Å². The third-order valence-corrected chi connectivity index (χ3v) is 5.56. The molecule has 6 heteroatoms. The highest BCUT2D eigenvalue weighted by Crippen LogP contribution is 2.38. The summed E-state index contributed by atoms with van der Waals surface area (Å²) in [7, 11) is 0. The number of hydrogen-bond acceptors (Lipinski definition) is 5. The van der Waals surface area contributed by atoms with Crippen LogP contribution in [0.4, 0.5) is 0 Å². The number of oxime groups is 1. The lowest BCUT2D eigenvalue weighted by atomic mass is 9.85. The Labute approximate surface area is 125 Å². The second-order valence-electron chi connectivity index (χ2n) is 5.76. The number of ether oxygens (including phenoxy) is 1. The highest BCUT2D eigenvalue weighted by Gasteiger charge is 2.40. The van der Waals surface area contributed by atoms with Crippen LogP contribution >= 0.6 is 11.8 Å². The largest absolute Gasteiger partial charge is 0.409 e. The molecule has 0 aliphatic carbocycles. The van der Waals surface area contributed by atoms with Gasteiger partial charge in [-0.05, 0) is 43.7 Å². The SMILES string of the molecule is CCN(CCC(N)=NO)C1CCOC2(CCSCC2)C1. The summed E-state index contributed by atoms with van der Waals surface area (Å²) < 4.78 is 6.15. The van der Waals surface area contributed by atoms with Gasteiger partial charge in [-0.1, -0.05) is 12.1 Å². The first-order chi connectivity index (χ1) is 9.69. The van der Waals surface area contributed by atoms with Crippen molar-refractivity contribution in [2.24, 2.45) is 10.9 Å². The van der Waals surface area contributed by atoms with Gasteiger partial charge in [0, 0.05) is 25.6 Å². The van der Waals surface area contributed by atoms with Crippen molar-refractivity contribution in [1.82, 2.24) is 4.90 Å². The van der Waals surface area contributed by atoms with E-state index < -0.39 is 0 Å². The molecule has 0 amide bonds. The molecule has 0 radical (unpaired) electrons. The second kappa shape index (κ2) is 7.52. The standard InChI is InChI=1S/C14H27N3O2S/c1-2-17(7-3-13(15)16-18)12-4-8-19-14(11-12)5-9-20-10-6-14/h12,18H,2-11H2,1H3,(H2,15,16). The molecule has 2 saturated heterocycles. The Bertz CT molecular complexity index is 327. The molecule has 1 spiro atoms. The topological polar surface area (TPSA) is 71.1 Å². The zero-order valence-electron chi connectivity index (χ0n) is 12.4. The summed E-state index contributed by atoms with van der Waals surface area (Å²) in [6.07, 6.45) is 5.24. The average molecular weight is 301 g/mol. The fourth-order valence-electron chi connectivity index (χ4n) is 3.31. The van der Waals surface area contributed by atoms with Crippen molar-refractivity contribution >= 4 is 17.6 Å². The predicted octanol–water partition coefficient (Wildman–Crippen LogP) is 1.89. The fourth-order valence-corrected chi connectivity index (χ4v) is 4.55. The molecule has 0 aromatic heterocycles. The molecule has 3 N–H and O–H groups in total. The molecule has 20 heavy (non-hydrogen) atoms. The second-order valence-corrected chi connectivity index (χ2v) is 6.99. The van der Waals surface area contributed by atoms with Gasteiger partial charge >= 0.3 is 0 Å². The molecular formula is C14H27N3O2S. The van der Waals surface area contributed by atoms with E-state index in [0.717, 1.165) is 32.5 Å². The van der Waals surface area contributed by atoms with Crippen LogP contribution in [0.25, 0.3) is 0 Å². The van der Waals surface area contributed by atoms with Gasteiger partial charge in [-0.3, -0.25) is 0 Å². The van der Waals surface area contributed by atoms with Crippen molar-refractivity contribution in [2.75, 3.05) is 31.2 Å². The number of nitrogens with zero attached hydrogens (tertiary/aromatic N) is 2. The average Bonchev–Trinajstić information content (AvgIpc) is 2.48. The molecule has 0 aromatic rings.